The third kappa shape index (κ3) is 4.62. The Kier molecular flexibility index (Phi) is 6.52. The number of hydrogen-bond acceptors (Lipinski definition) is 6. The van der Waals surface area contributed by atoms with Gasteiger partial charge in [-0.15, -0.1) is 17.9 Å². The number of allylic oxidation sites excluding steroid dienone is 1. The van der Waals surface area contributed by atoms with E-state index in [0.29, 0.717) is 12.2 Å². The van der Waals surface area contributed by atoms with E-state index in [1.54, 1.807) is 16.8 Å². The number of rotatable bonds is 8. The van der Waals surface area contributed by atoms with E-state index in [-0.39, 0.29) is 6.42 Å². The summed E-state index contributed by atoms with van der Waals surface area (Å²) in [5, 5.41) is 14.0. The minimum absolute atomic E-state index is 0.120. The topological polar surface area (TPSA) is 87.1 Å². The zero-order chi connectivity index (χ0) is 19.9. The Morgan fingerprint density at radius 2 is 2.04 bits per heavy atom. The zero-order valence-electron chi connectivity index (χ0n) is 15.6. The van der Waals surface area contributed by atoms with E-state index in [1.165, 1.54) is 0 Å². The molecule has 2 heterocycles. The van der Waals surface area contributed by atoms with Crippen molar-refractivity contribution in [2.45, 2.75) is 26.2 Å². The van der Waals surface area contributed by atoms with Crippen LogP contribution in [-0.2, 0) is 24.1 Å². The molecule has 6 nitrogen and oxygen atoms in total. The predicted octanol–water partition coefficient (Wildman–Crippen LogP) is 4.29. The summed E-state index contributed by atoms with van der Waals surface area (Å²) in [4.78, 5) is 21.8. The molecule has 1 amide bonds. The highest BCUT2D eigenvalue weighted by molar-refractivity contribution is 7.13. The van der Waals surface area contributed by atoms with Gasteiger partial charge in [-0.3, -0.25) is 10.0 Å². The number of thiophene rings is 1. The Hall–Kier alpha value is -3.03. The molecule has 0 fully saturated rings. The SMILES string of the molecule is C=CCc1c(CC)nc(-c2cccs2)nc1Nc1ccc(CC(=O)NO)cc1. The molecule has 2 aromatic heterocycles. The third-order valence-electron chi connectivity index (χ3n) is 4.22. The number of hydrogen-bond donors (Lipinski definition) is 3. The van der Waals surface area contributed by atoms with Crippen molar-refractivity contribution in [2.75, 3.05) is 5.32 Å². The number of anilines is 2. The van der Waals surface area contributed by atoms with E-state index in [9.17, 15) is 4.79 Å². The minimum Gasteiger partial charge on any atom is -0.340 e. The van der Waals surface area contributed by atoms with Gasteiger partial charge in [0.1, 0.15) is 5.82 Å². The van der Waals surface area contributed by atoms with Crippen molar-refractivity contribution in [1.82, 2.24) is 15.4 Å². The first-order valence-electron chi connectivity index (χ1n) is 8.98. The fourth-order valence-corrected chi connectivity index (χ4v) is 3.53. The lowest BCUT2D eigenvalue weighted by molar-refractivity contribution is -0.128. The van der Waals surface area contributed by atoms with Crippen LogP contribution in [0.2, 0.25) is 0 Å². The van der Waals surface area contributed by atoms with E-state index in [2.05, 4.69) is 18.8 Å². The molecule has 0 unspecified atom stereocenters. The fraction of sp³-hybridized carbons (Fsp3) is 0.190. The molecule has 0 bridgehead atoms. The Morgan fingerprint density at radius 3 is 2.64 bits per heavy atom. The molecule has 0 aliphatic carbocycles. The maximum Gasteiger partial charge on any atom is 0.247 e. The summed E-state index contributed by atoms with van der Waals surface area (Å²) in [5.41, 5.74) is 5.33. The molecule has 144 valence electrons. The average Bonchev–Trinajstić information content (AvgIpc) is 3.25. The van der Waals surface area contributed by atoms with Gasteiger partial charge in [0.15, 0.2) is 5.82 Å². The number of carbonyl (C=O) groups is 1. The van der Waals surface area contributed by atoms with Gasteiger partial charge in [-0.2, -0.15) is 0 Å². The van der Waals surface area contributed by atoms with Crippen LogP contribution >= 0.6 is 11.3 Å². The highest BCUT2D eigenvalue weighted by Gasteiger charge is 2.14. The highest BCUT2D eigenvalue weighted by atomic mass is 32.1. The predicted molar refractivity (Wildman–Crippen MR) is 112 cm³/mol. The standard InChI is InChI=1S/C21H22N4O2S/c1-3-6-16-17(4-2)23-21(18-7-5-12-28-18)24-20(16)22-15-10-8-14(9-11-15)13-19(26)25-27/h3,5,7-12,27H,1,4,6,13H2,2H3,(H,25,26)(H,22,23,24). The molecular formula is C21H22N4O2S. The molecule has 3 rings (SSSR count). The zero-order valence-corrected chi connectivity index (χ0v) is 16.4. The Bertz CT molecular complexity index is 953. The lowest BCUT2D eigenvalue weighted by Crippen LogP contribution is -2.20. The Balaban J connectivity index is 1.94. The van der Waals surface area contributed by atoms with Crippen LogP contribution in [0.3, 0.4) is 0 Å². The second kappa shape index (κ2) is 9.25. The van der Waals surface area contributed by atoms with Crippen molar-refractivity contribution >= 4 is 28.7 Å². The van der Waals surface area contributed by atoms with E-state index in [1.807, 2.05) is 47.9 Å². The van der Waals surface area contributed by atoms with Crippen molar-refractivity contribution in [3.8, 4) is 10.7 Å². The quantitative estimate of drug-likeness (QED) is 0.301. The van der Waals surface area contributed by atoms with Gasteiger partial charge in [0.25, 0.3) is 0 Å². The lowest BCUT2D eigenvalue weighted by Gasteiger charge is -2.15. The van der Waals surface area contributed by atoms with E-state index in [0.717, 1.165) is 39.6 Å². The van der Waals surface area contributed by atoms with Crippen molar-refractivity contribution in [3.63, 3.8) is 0 Å². The molecule has 1 aromatic carbocycles. The first kappa shape index (κ1) is 19.7. The normalized spacial score (nSPS) is 10.5. The molecule has 0 aliphatic rings. The van der Waals surface area contributed by atoms with Gasteiger partial charge in [-0.1, -0.05) is 31.2 Å². The molecule has 0 saturated heterocycles. The van der Waals surface area contributed by atoms with Gasteiger partial charge in [-0.05, 0) is 42.0 Å². The number of aryl methyl sites for hydroxylation is 1. The molecule has 0 saturated carbocycles. The molecule has 0 aliphatic heterocycles. The summed E-state index contributed by atoms with van der Waals surface area (Å²) in [5.74, 6) is 1.02. The average molecular weight is 395 g/mol. The van der Waals surface area contributed by atoms with E-state index in [4.69, 9.17) is 15.2 Å². The van der Waals surface area contributed by atoms with Gasteiger partial charge < -0.3 is 5.32 Å². The molecule has 28 heavy (non-hydrogen) atoms. The van der Waals surface area contributed by atoms with Gasteiger partial charge in [0.2, 0.25) is 5.91 Å². The summed E-state index contributed by atoms with van der Waals surface area (Å²) in [7, 11) is 0. The van der Waals surface area contributed by atoms with Crippen LogP contribution in [0.4, 0.5) is 11.5 Å². The summed E-state index contributed by atoms with van der Waals surface area (Å²) >= 11 is 1.61. The van der Waals surface area contributed by atoms with Crippen LogP contribution in [0, 0.1) is 0 Å². The second-order valence-electron chi connectivity index (χ2n) is 6.18. The van der Waals surface area contributed by atoms with Crippen LogP contribution in [0.1, 0.15) is 23.7 Å². The summed E-state index contributed by atoms with van der Waals surface area (Å²) in [6.07, 6.45) is 3.44. The first-order valence-corrected chi connectivity index (χ1v) is 9.86. The molecule has 0 spiro atoms. The number of nitrogens with zero attached hydrogens (tertiary/aromatic N) is 2. The van der Waals surface area contributed by atoms with Gasteiger partial charge in [0.05, 0.1) is 11.3 Å². The number of amides is 1. The summed E-state index contributed by atoms with van der Waals surface area (Å²) in [6.45, 7) is 5.94. The Labute approximate surface area is 167 Å². The van der Waals surface area contributed by atoms with Crippen molar-refractivity contribution in [2.24, 2.45) is 0 Å². The molecule has 0 radical (unpaired) electrons. The lowest BCUT2D eigenvalue weighted by atomic mass is 10.1. The smallest absolute Gasteiger partial charge is 0.247 e. The molecule has 3 aromatic rings. The number of aromatic nitrogens is 2. The molecule has 7 heteroatoms. The van der Waals surface area contributed by atoms with Crippen LogP contribution < -0.4 is 10.8 Å². The van der Waals surface area contributed by atoms with Crippen LogP contribution in [0.25, 0.3) is 10.7 Å². The maximum atomic E-state index is 11.3. The fourth-order valence-electron chi connectivity index (χ4n) is 2.87. The number of benzene rings is 1. The highest BCUT2D eigenvalue weighted by Crippen LogP contribution is 2.28. The molecular weight excluding hydrogens is 372 g/mol. The maximum absolute atomic E-state index is 11.3. The number of hydroxylamine groups is 1. The Morgan fingerprint density at radius 1 is 1.25 bits per heavy atom. The van der Waals surface area contributed by atoms with E-state index < -0.39 is 5.91 Å². The van der Waals surface area contributed by atoms with Crippen molar-refractivity contribution < 1.29 is 10.0 Å². The van der Waals surface area contributed by atoms with Gasteiger partial charge >= 0.3 is 0 Å². The molecule has 0 atom stereocenters. The number of carbonyl (C=O) groups excluding carboxylic acids is 1. The van der Waals surface area contributed by atoms with Gasteiger partial charge in [-0.25, -0.2) is 15.4 Å². The summed E-state index contributed by atoms with van der Waals surface area (Å²) < 4.78 is 0. The number of nitrogens with one attached hydrogen (secondary N) is 2. The van der Waals surface area contributed by atoms with Crippen LogP contribution in [0.15, 0.2) is 54.4 Å². The first-order chi connectivity index (χ1) is 13.6. The molecule has 3 N–H and O–H groups in total. The van der Waals surface area contributed by atoms with Crippen molar-refractivity contribution in [1.29, 1.82) is 0 Å². The largest absolute Gasteiger partial charge is 0.340 e. The third-order valence-corrected chi connectivity index (χ3v) is 5.09. The van der Waals surface area contributed by atoms with Crippen LogP contribution in [0.5, 0.6) is 0 Å². The van der Waals surface area contributed by atoms with Gasteiger partial charge in [0, 0.05) is 16.9 Å². The van der Waals surface area contributed by atoms with E-state index >= 15 is 0 Å². The second-order valence-corrected chi connectivity index (χ2v) is 7.13. The van der Waals surface area contributed by atoms with Crippen LogP contribution in [-0.4, -0.2) is 21.1 Å². The minimum atomic E-state index is -0.446. The van der Waals surface area contributed by atoms with Crippen molar-refractivity contribution in [3.05, 3.63) is 71.3 Å². The summed E-state index contributed by atoms with van der Waals surface area (Å²) in [6, 6.07) is 11.4. The monoisotopic (exact) mass is 394 g/mol.